The van der Waals surface area contributed by atoms with Crippen LogP contribution in [-0.2, 0) is 27.5 Å². The Morgan fingerprint density at radius 3 is 2.56 bits per heavy atom. The van der Waals surface area contributed by atoms with Gasteiger partial charge in [-0.15, -0.1) is 0 Å². The van der Waals surface area contributed by atoms with Gasteiger partial charge < -0.3 is 24.1 Å². The number of nitrogens with zero attached hydrogens (tertiary/aromatic N) is 2. The van der Waals surface area contributed by atoms with Crippen LogP contribution < -0.4 is 14.2 Å². The topological polar surface area (TPSA) is 101 Å². The maximum absolute atomic E-state index is 13.3. The van der Waals surface area contributed by atoms with Crippen LogP contribution in [0.5, 0.6) is 17.2 Å². The number of aromatic nitrogens is 1. The van der Waals surface area contributed by atoms with E-state index in [0.717, 1.165) is 53.8 Å². The Balaban J connectivity index is 1.43. The van der Waals surface area contributed by atoms with Crippen LogP contribution in [-0.4, -0.2) is 87.6 Å². The van der Waals surface area contributed by atoms with Crippen LogP contribution in [0.25, 0.3) is 10.9 Å². The van der Waals surface area contributed by atoms with E-state index in [0.29, 0.717) is 12.4 Å². The number of H-pyrrole nitrogens is 1. The quantitative estimate of drug-likeness (QED) is 0.432. The smallest absolute Gasteiger partial charge is 0.236 e. The maximum Gasteiger partial charge on any atom is 0.236 e. The fraction of sp³-hybridized carbons (Fsp3) is 0.483. The molecule has 9 nitrogen and oxygen atoms in total. The number of rotatable bonds is 9. The Morgan fingerprint density at radius 2 is 1.85 bits per heavy atom. The first-order valence-corrected chi connectivity index (χ1v) is 15.3. The van der Waals surface area contributed by atoms with E-state index in [1.54, 1.807) is 19.1 Å². The monoisotopic (exact) mass is 555 g/mol. The summed E-state index contributed by atoms with van der Waals surface area (Å²) in [6, 6.07) is 10.2. The third kappa shape index (κ3) is 5.86. The molecule has 1 amide bonds. The number of aromatic amines is 1. The standard InChI is InChI=1S/C29H37N3O6S/c1-4-38-28-17-24-20(15-27(28)37-3)9-10-32(19-29(33)31-11-13-39(34,35)14-12-31)26(24)8-5-21-18-30-25-7-6-22(36-2)16-23(21)25/h6-7,15-18,26,30H,4-5,8-14,19H2,1-3H3. The number of hydrogen-bond donors (Lipinski definition) is 1. The van der Waals surface area contributed by atoms with Crippen molar-refractivity contribution >= 4 is 26.6 Å². The Hall–Kier alpha value is -3.24. The highest BCUT2D eigenvalue weighted by Gasteiger charge is 2.33. The summed E-state index contributed by atoms with van der Waals surface area (Å²) in [5.74, 6) is 2.29. The molecule has 0 saturated carbocycles. The van der Waals surface area contributed by atoms with Crippen LogP contribution in [0.2, 0.25) is 0 Å². The number of hydrogen-bond acceptors (Lipinski definition) is 7. The van der Waals surface area contributed by atoms with E-state index >= 15 is 0 Å². The molecule has 3 heterocycles. The van der Waals surface area contributed by atoms with Crippen LogP contribution in [0.3, 0.4) is 0 Å². The average molecular weight is 556 g/mol. The number of amides is 1. The molecule has 1 saturated heterocycles. The van der Waals surface area contributed by atoms with E-state index in [1.807, 2.05) is 19.1 Å². The van der Waals surface area contributed by atoms with Crippen LogP contribution in [0.4, 0.5) is 0 Å². The van der Waals surface area contributed by atoms with Gasteiger partial charge in [-0.2, -0.15) is 0 Å². The van der Waals surface area contributed by atoms with Gasteiger partial charge in [-0.05, 0) is 73.2 Å². The van der Waals surface area contributed by atoms with Gasteiger partial charge in [0, 0.05) is 42.8 Å². The predicted octanol–water partition coefficient (Wildman–Crippen LogP) is 3.37. The maximum atomic E-state index is 13.3. The lowest BCUT2D eigenvalue weighted by atomic mass is 9.88. The molecule has 5 rings (SSSR count). The van der Waals surface area contributed by atoms with Crippen molar-refractivity contribution in [2.45, 2.75) is 32.2 Å². The summed E-state index contributed by atoms with van der Waals surface area (Å²) in [4.78, 5) is 20.6. The molecule has 210 valence electrons. The van der Waals surface area contributed by atoms with E-state index < -0.39 is 9.84 Å². The van der Waals surface area contributed by atoms with Crippen molar-refractivity contribution in [2.75, 3.05) is 58.5 Å². The van der Waals surface area contributed by atoms with Gasteiger partial charge in [0.05, 0.1) is 38.9 Å². The first-order valence-electron chi connectivity index (χ1n) is 13.5. The predicted molar refractivity (Wildman–Crippen MR) is 151 cm³/mol. The average Bonchev–Trinajstić information content (AvgIpc) is 3.34. The minimum absolute atomic E-state index is 0.00751. The first-order chi connectivity index (χ1) is 18.8. The van der Waals surface area contributed by atoms with Gasteiger partial charge in [0.1, 0.15) is 5.75 Å². The Morgan fingerprint density at radius 1 is 1.05 bits per heavy atom. The summed E-state index contributed by atoms with van der Waals surface area (Å²) >= 11 is 0. The molecule has 0 spiro atoms. The summed E-state index contributed by atoms with van der Waals surface area (Å²) < 4.78 is 40.7. The molecule has 1 unspecified atom stereocenters. The molecular formula is C29H37N3O6S. The summed E-state index contributed by atoms with van der Waals surface area (Å²) in [6.45, 7) is 3.98. The second kappa shape index (κ2) is 11.5. The molecule has 3 aromatic rings. The third-order valence-corrected chi connectivity index (χ3v) is 9.50. The van der Waals surface area contributed by atoms with E-state index in [2.05, 4.69) is 34.3 Å². The molecule has 2 aromatic carbocycles. The second-order valence-corrected chi connectivity index (χ2v) is 12.5. The van der Waals surface area contributed by atoms with E-state index in [4.69, 9.17) is 14.2 Å². The number of fused-ring (bicyclic) bond motifs is 2. The molecule has 0 radical (unpaired) electrons. The summed E-state index contributed by atoms with van der Waals surface area (Å²) in [5.41, 5.74) is 4.61. The molecule has 0 aliphatic carbocycles. The van der Waals surface area contributed by atoms with Crippen molar-refractivity contribution < 1.29 is 27.4 Å². The van der Waals surface area contributed by atoms with Gasteiger partial charge in [-0.3, -0.25) is 9.69 Å². The van der Waals surface area contributed by atoms with Crippen LogP contribution in [0, 0.1) is 0 Å². The molecule has 1 aromatic heterocycles. The fourth-order valence-electron chi connectivity index (χ4n) is 5.74. The number of sulfone groups is 1. The molecule has 2 aliphatic rings. The van der Waals surface area contributed by atoms with E-state index in [1.165, 1.54) is 11.1 Å². The zero-order chi connectivity index (χ0) is 27.6. The Kier molecular flexibility index (Phi) is 8.04. The summed E-state index contributed by atoms with van der Waals surface area (Å²) in [7, 11) is 0.271. The highest BCUT2D eigenvalue weighted by atomic mass is 32.2. The highest BCUT2D eigenvalue weighted by molar-refractivity contribution is 7.91. The highest BCUT2D eigenvalue weighted by Crippen LogP contribution is 2.40. The number of carbonyl (C=O) groups is 1. The lowest BCUT2D eigenvalue weighted by molar-refractivity contribution is -0.132. The van der Waals surface area contributed by atoms with Gasteiger partial charge >= 0.3 is 0 Å². The number of ether oxygens (including phenoxy) is 3. The number of benzene rings is 2. The summed E-state index contributed by atoms with van der Waals surface area (Å²) in [5, 5.41) is 1.13. The zero-order valence-corrected chi connectivity index (χ0v) is 23.7. The van der Waals surface area contributed by atoms with Gasteiger partial charge in [0.15, 0.2) is 21.3 Å². The van der Waals surface area contributed by atoms with E-state index in [-0.39, 0.29) is 43.1 Å². The molecule has 1 atom stereocenters. The summed E-state index contributed by atoms with van der Waals surface area (Å²) in [6.07, 6.45) is 4.45. The molecular weight excluding hydrogens is 518 g/mol. The zero-order valence-electron chi connectivity index (χ0n) is 22.9. The molecule has 1 fully saturated rings. The molecule has 39 heavy (non-hydrogen) atoms. The minimum atomic E-state index is -3.05. The Labute approximate surface area is 229 Å². The SMILES string of the molecule is CCOc1cc2c(cc1OC)CCN(CC(=O)N1CCS(=O)(=O)CC1)C2CCc1c[nH]c2ccc(OC)cc12. The van der Waals surface area contributed by atoms with Crippen LogP contribution in [0.15, 0.2) is 36.5 Å². The van der Waals surface area contributed by atoms with Gasteiger partial charge in [-0.1, -0.05) is 0 Å². The van der Waals surface area contributed by atoms with Crippen molar-refractivity contribution in [1.29, 1.82) is 0 Å². The molecule has 0 bridgehead atoms. The molecule has 2 aliphatic heterocycles. The lowest BCUT2D eigenvalue weighted by Crippen LogP contribution is -2.49. The number of carbonyl (C=O) groups excluding carboxylic acids is 1. The Bertz CT molecular complexity index is 1440. The first kappa shape index (κ1) is 27.3. The minimum Gasteiger partial charge on any atom is -0.497 e. The van der Waals surface area contributed by atoms with Crippen molar-refractivity contribution in [3.05, 3.63) is 53.2 Å². The fourth-order valence-corrected chi connectivity index (χ4v) is 6.94. The van der Waals surface area contributed by atoms with Crippen LogP contribution in [0.1, 0.15) is 36.1 Å². The van der Waals surface area contributed by atoms with Gasteiger partial charge in [0.2, 0.25) is 5.91 Å². The van der Waals surface area contributed by atoms with Crippen molar-refractivity contribution in [1.82, 2.24) is 14.8 Å². The number of methoxy groups -OCH3 is 2. The normalized spacial score (nSPS) is 19.1. The largest absolute Gasteiger partial charge is 0.497 e. The van der Waals surface area contributed by atoms with Crippen molar-refractivity contribution in [2.24, 2.45) is 0 Å². The third-order valence-electron chi connectivity index (χ3n) is 7.89. The lowest BCUT2D eigenvalue weighted by Gasteiger charge is -2.39. The second-order valence-electron chi connectivity index (χ2n) is 10.2. The van der Waals surface area contributed by atoms with Crippen molar-refractivity contribution in [3.63, 3.8) is 0 Å². The molecule has 1 N–H and O–H groups in total. The van der Waals surface area contributed by atoms with Crippen LogP contribution >= 0.6 is 0 Å². The van der Waals surface area contributed by atoms with Crippen molar-refractivity contribution in [3.8, 4) is 17.2 Å². The van der Waals surface area contributed by atoms with Gasteiger partial charge in [-0.25, -0.2) is 8.42 Å². The number of aryl methyl sites for hydroxylation is 1. The number of nitrogens with one attached hydrogen (secondary N) is 1. The van der Waals surface area contributed by atoms with Gasteiger partial charge in [0.25, 0.3) is 0 Å². The van der Waals surface area contributed by atoms with E-state index in [9.17, 15) is 13.2 Å². The molecule has 10 heteroatoms.